The predicted octanol–water partition coefficient (Wildman–Crippen LogP) is 3.59. The van der Waals surface area contributed by atoms with Crippen molar-refractivity contribution < 1.29 is 22.7 Å². The minimum atomic E-state index is -4.51. The number of nitrogens with zero attached hydrogens (tertiary/aromatic N) is 1. The zero-order valence-corrected chi connectivity index (χ0v) is 10.4. The van der Waals surface area contributed by atoms with Gasteiger partial charge in [0.2, 0.25) is 5.88 Å². The van der Waals surface area contributed by atoms with Crippen LogP contribution in [0.3, 0.4) is 0 Å². The van der Waals surface area contributed by atoms with Crippen LogP contribution in [0, 0.1) is 0 Å². The molecule has 0 atom stereocenters. The number of halogens is 3. The van der Waals surface area contributed by atoms with Gasteiger partial charge in [0.25, 0.3) is 0 Å². The molecule has 2 rings (SSSR count). The van der Waals surface area contributed by atoms with E-state index in [4.69, 9.17) is 4.74 Å². The van der Waals surface area contributed by atoms with Crippen molar-refractivity contribution in [3.05, 3.63) is 47.7 Å². The molecule has 6 heteroatoms. The van der Waals surface area contributed by atoms with Gasteiger partial charge in [-0.15, -0.1) is 0 Å². The third kappa shape index (κ3) is 2.96. The molecule has 1 aromatic carbocycles. The lowest BCUT2D eigenvalue weighted by Crippen LogP contribution is -2.06. The molecular formula is C14H10F3NO2. The van der Waals surface area contributed by atoms with E-state index in [0.29, 0.717) is 11.8 Å². The highest BCUT2D eigenvalue weighted by atomic mass is 19.4. The monoisotopic (exact) mass is 281 g/mol. The second-order valence-corrected chi connectivity index (χ2v) is 4.05. The molecule has 0 aliphatic carbocycles. The Hall–Kier alpha value is -2.37. The third-order valence-electron chi connectivity index (χ3n) is 2.70. The maximum atomic E-state index is 12.8. The van der Waals surface area contributed by atoms with E-state index in [1.807, 2.05) is 0 Å². The summed E-state index contributed by atoms with van der Waals surface area (Å²) in [6.45, 7) is 0. The predicted molar refractivity (Wildman–Crippen MR) is 66.6 cm³/mol. The first-order valence-corrected chi connectivity index (χ1v) is 5.62. The molecule has 0 N–H and O–H groups in total. The van der Waals surface area contributed by atoms with Crippen LogP contribution in [-0.2, 0) is 6.18 Å². The van der Waals surface area contributed by atoms with Crippen molar-refractivity contribution in [1.82, 2.24) is 4.98 Å². The number of hydrogen-bond acceptors (Lipinski definition) is 3. The van der Waals surface area contributed by atoms with Gasteiger partial charge in [0, 0.05) is 17.8 Å². The van der Waals surface area contributed by atoms with Crippen molar-refractivity contribution >= 4 is 6.29 Å². The second-order valence-electron chi connectivity index (χ2n) is 4.05. The maximum Gasteiger partial charge on any atom is 0.416 e. The first kappa shape index (κ1) is 14.0. The quantitative estimate of drug-likeness (QED) is 0.807. The summed E-state index contributed by atoms with van der Waals surface area (Å²) < 4.78 is 43.3. The van der Waals surface area contributed by atoms with E-state index in [-0.39, 0.29) is 17.0 Å². The van der Waals surface area contributed by atoms with E-state index in [1.54, 1.807) is 6.07 Å². The SMILES string of the molecule is COc1cc(-c2cc(C=O)cc(C(F)(F)F)c2)ccn1. The molecule has 0 aliphatic heterocycles. The van der Waals surface area contributed by atoms with Crippen LogP contribution in [0.25, 0.3) is 11.1 Å². The number of alkyl halides is 3. The van der Waals surface area contributed by atoms with Gasteiger partial charge < -0.3 is 4.74 Å². The molecule has 1 aromatic heterocycles. The Morgan fingerprint density at radius 1 is 1.15 bits per heavy atom. The highest BCUT2D eigenvalue weighted by Crippen LogP contribution is 2.33. The summed E-state index contributed by atoms with van der Waals surface area (Å²) in [6, 6.07) is 6.24. The number of hydrogen-bond donors (Lipinski definition) is 0. The lowest BCUT2D eigenvalue weighted by Gasteiger charge is -2.10. The van der Waals surface area contributed by atoms with E-state index < -0.39 is 11.7 Å². The fraction of sp³-hybridized carbons (Fsp3) is 0.143. The van der Waals surface area contributed by atoms with Gasteiger partial charge in [-0.2, -0.15) is 13.2 Å². The van der Waals surface area contributed by atoms with E-state index >= 15 is 0 Å². The Balaban J connectivity index is 2.58. The molecule has 0 unspecified atom stereocenters. The third-order valence-corrected chi connectivity index (χ3v) is 2.70. The van der Waals surface area contributed by atoms with Crippen LogP contribution in [0.2, 0.25) is 0 Å². The summed E-state index contributed by atoms with van der Waals surface area (Å²) in [7, 11) is 1.41. The number of aromatic nitrogens is 1. The van der Waals surface area contributed by atoms with Gasteiger partial charge in [-0.05, 0) is 35.4 Å². The van der Waals surface area contributed by atoms with Gasteiger partial charge >= 0.3 is 6.18 Å². The zero-order valence-electron chi connectivity index (χ0n) is 10.4. The molecule has 0 saturated carbocycles. The summed E-state index contributed by atoms with van der Waals surface area (Å²) in [6.07, 6.45) is -2.70. The molecule has 2 aromatic rings. The molecule has 0 spiro atoms. The van der Waals surface area contributed by atoms with Crippen LogP contribution >= 0.6 is 0 Å². The average Bonchev–Trinajstić information content (AvgIpc) is 2.46. The van der Waals surface area contributed by atoms with Crippen LogP contribution in [0.1, 0.15) is 15.9 Å². The number of carbonyl (C=O) groups is 1. The van der Waals surface area contributed by atoms with Crippen molar-refractivity contribution in [1.29, 1.82) is 0 Å². The number of ether oxygens (including phenoxy) is 1. The summed E-state index contributed by atoms with van der Waals surface area (Å²) in [5, 5.41) is 0. The molecule has 0 fully saturated rings. The van der Waals surface area contributed by atoms with E-state index in [1.165, 1.54) is 25.4 Å². The van der Waals surface area contributed by atoms with Crippen molar-refractivity contribution in [2.24, 2.45) is 0 Å². The van der Waals surface area contributed by atoms with E-state index in [9.17, 15) is 18.0 Å². The number of benzene rings is 1. The zero-order chi connectivity index (χ0) is 14.8. The van der Waals surface area contributed by atoms with Gasteiger partial charge in [-0.1, -0.05) is 0 Å². The minimum absolute atomic E-state index is 0.0365. The van der Waals surface area contributed by atoms with Gasteiger partial charge in [-0.3, -0.25) is 4.79 Å². The Labute approximate surface area is 113 Å². The topological polar surface area (TPSA) is 39.2 Å². The molecule has 3 nitrogen and oxygen atoms in total. The Bertz CT molecular complexity index is 639. The molecule has 0 radical (unpaired) electrons. The highest BCUT2D eigenvalue weighted by molar-refractivity contribution is 5.79. The molecule has 104 valence electrons. The smallest absolute Gasteiger partial charge is 0.416 e. The molecule has 0 aliphatic rings. The van der Waals surface area contributed by atoms with Crippen molar-refractivity contribution in [2.45, 2.75) is 6.18 Å². The van der Waals surface area contributed by atoms with Gasteiger partial charge in [0.1, 0.15) is 6.29 Å². The van der Waals surface area contributed by atoms with Crippen molar-refractivity contribution in [2.75, 3.05) is 7.11 Å². The van der Waals surface area contributed by atoms with Crippen LogP contribution < -0.4 is 4.74 Å². The normalized spacial score (nSPS) is 11.2. The van der Waals surface area contributed by atoms with Crippen LogP contribution in [0.4, 0.5) is 13.2 Å². The Morgan fingerprint density at radius 3 is 2.50 bits per heavy atom. The largest absolute Gasteiger partial charge is 0.481 e. The summed E-state index contributed by atoms with van der Waals surface area (Å²) in [4.78, 5) is 14.7. The van der Waals surface area contributed by atoms with Crippen LogP contribution in [-0.4, -0.2) is 18.4 Å². The first-order chi connectivity index (χ1) is 9.44. The average molecular weight is 281 g/mol. The van der Waals surface area contributed by atoms with Gasteiger partial charge in [0.15, 0.2) is 0 Å². The number of methoxy groups -OCH3 is 1. The van der Waals surface area contributed by atoms with Crippen LogP contribution in [0.15, 0.2) is 36.5 Å². The van der Waals surface area contributed by atoms with E-state index in [0.717, 1.165) is 12.1 Å². The summed E-state index contributed by atoms with van der Waals surface area (Å²) >= 11 is 0. The second kappa shape index (κ2) is 5.32. The standard InChI is InChI=1S/C14H10F3NO2/c1-20-13-7-10(2-3-18-13)11-4-9(8-19)5-12(6-11)14(15,16)17/h2-8H,1H3. The Morgan fingerprint density at radius 2 is 1.90 bits per heavy atom. The first-order valence-electron chi connectivity index (χ1n) is 5.62. The molecular weight excluding hydrogens is 271 g/mol. The molecule has 0 amide bonds. The molecule has 1 heterocycles. The number of rotatable bonds is 3. The molecule has 0 bridgehead atoms. The molecule has 20 heavy (non-hydrogen) atoms. The maximum absolute atomic E-state index is 12.8. The summed E-state index contributed by atoms with van der Waals surface area (Å²) in [5.41, 5.74) is -0.132. The van der Waals surface area contributed by atoms with E-state index in [2.05, 4.69) is 4.98 Å². The molecule has 0 saturated heterocycles. The number of carbonyl (C=O) groups excluding carboxylic acids is 1. The minimum Gasteiger partial charge on any atom is -0.481 e. The Kier molecular flexibility index (Phi) is 3.74. The number of pyridine rings is 1. The lowest BCUT2D eigenvalue weighted by molar-refractivity contribution is -0.137. The lowest BCUT2D eigenvalue weighted by atomic mass is 10.0. The van der Waals surface area contributed by atoms with Gasteiger partial charge in [0.05, 0.1) is 12.7 Å². The van der Waals surface area contributed by atoms with Gasteiger partial charge in [-0.25, -0.2) is 4.98 Å². The van der Waals surface area contributed by atoms with Crippen molar-refractivity contribution in [3.63, 3.8) is 0 Å². The highest BCUT2D eigenvalue weighted by Gasteiger charge is 2.31. The fourth-order valence-electron chi connectivity index (χ4n) is 1.75. The van der Waals surface area contributed by atoms with Crippen molar-refractivity contribution in [3.8, 4) is 17.0 Å². The number of aldehydes is 1. The fourth-order valence-corrected chi connectivity index (χ4v) is 1.75. The van der Waals surface area contributed by atoms with Crippen LogP contribution in [0.5, 0.6) is 5.88 Å². The summed E-state index contributed by atoms with van der Waals surface area (Å²) in [5.74, 6) is 0.285.